The van der Waals surface area contributed by atoms with Crippen molar-refractivity contribution in [3.63, 3.8) is 0 Å². The van der Waals surface area contributed by atoms with Gasteiger partial charge in [0.05, 0.1) is 0 Å². The summed E-state index contributed by atoms with van der Waals surface area (Å²) in [5.74, 6) is -0.119. The molecule has 0 aliphatic carbocycles. The van der Waals surface area contributed by atoms with Gasteiger partial charge in [0.25, 0.3) is 5.56 Å². The number of aliphatic imine (C=N–C) groups is 1. The number of fused-ring (bicyclic) bond motifs is 1. The van der Waals surface area contributed by atoms with Crippen LogP contribution in [0.3, 0.4) is 0 Å². The zero-order valence-corrected chi connectivity index (χ0v) is 8.52. The van der Waals surface area contributed by atoms with Crippen LogP contribution in [0.4, 0.5) is 5.13 Å². The molecule has 0 atom stereocenters. The van der Waals surface area contributed by atoms with Crippen molar-refractivity contribution in [2.75, 3.05) is 0 Å². The molecule has 2 heterocycles. The summed E-state index contributed by atoms with van der Waals surface area (Å²) in [5, 5.41) is 11.6. The smallest absolute Gasteiger partial charge is 0.296 e. The van der Waals surface area contributed by atoms with Crippen molar-refractivity contribution in [1.82, 2.24) is 19.8 Å². The van der Waals surface area contributed by atoms with Crippen molar-refractivity contribution in [3.8, 4) is 0 Å². The molecule has 0 unspecified atom stereocenters. The van der Waals surface area contributed by atoms with Crippen LogP contribution >= 0.6 is 11.3 Å². The molecule has 0 aliphatic heterocycles. The zero-order valence-electron chi connectivity index (χ0n) is 7.71. The standard InChI is InChI=1S/C6H7N7OS/c1-2-3(14)13-6(11-10-2)15-5(12-13)9-4(7)8/h1H3,(H4,7,8,9,12). The van der Waals surface area contributed by atoms with Gasteiger partial charge in [0, 0.05) is 0 Å². The highest BCUT2D eigenvalue weighted by molar-refractivity contribution is 7.20. The van der Waals surface area contributed by atoms with Crippen LogP contribution in [0.25, 0.3) is 4.96 Å². The molecule has 0 radical (unpaired) electrons. The highest BCUT2D eigenvalue weighted by Gasteiger charge is 2.08. The van der Waals surface area contributed by atoms with E-state index in [1.165, 1.54) is 0 Å². The molecule has 0 aliphatic rings. The quantitative estimate of drug-likeness (QED) is 0.462. The van der Waals surface area contributed by atoms with E-state index in [1.807, 2.05) is 0 Å². The maximum atomic E-state index is 11.5. The minimum atomic E-state index is -0.326. The van der Waals surface area contributed by atoms with E-state index in [2.05, 4.69) is 20.3 Å². The van der Waals surface area contributed by atoms with Gasteiger partial charge in [0.2, 0.25) is 10.1 Å². The van der Waals surface area contributed by atoms with Crippen molar-refractivity contribution in [3.05, 3.63) is 16.0 Å². The Kier molecular flexibility index (Phi) is 2.08. The molecule has 78 valence electrons. The van der Waals surface area contributed by atoms with Crippen molar-refractivity contribution in [2.45, 2.75) is 6.92 Å². The number of aryl methyl sites for hydroxylation is 1. The Hall–Kier alpha value is -2.03. The third-order valence-corrected chi connectivity index (χ3v) is 2.35. The minimum Gasteiger partial charge on any atom is -0.370 e. The van der Waals surface area contributed by atoms with Gasteiger partial charge in [-0.2, -0.15) is 9.51 Å². The molecule has 2 aromatic rings. The number of nitrogens with zero attached hydrogens (tertiary/aromatic N) is 5. The Balaban J connectivity index is 2.72. The number of aromatic nitrogens is 4. The second-order valence-electron chi connectivity index (χ2n) is 2.71. The van der Waals surface area contributed by atoms with E-state index >= 15 is 0 Å². The average molecular weight is 225 g/mol. The Bertz CT molecular complexity index is 593. The van der Waals surface area contributed by atoms with Crippen molar-refractivity contribution < 1.29 is 0 Å². The molecule has 8 nitrogen and oxygen atoms in total. The molecule has 0 bridgehead atoms. The van der Waals surface area contributed by atoms with Gasteiger partial charge < -0.3 is 11.5 Å². The number of hydrogen-bond acceptors (Lipinski definition) is 6. The molecule has 2 aromatic heterocycles. The van der Waals surface area contributed by atoms with Gasteiger partial charge in [-0.25, -0.2) is 0 Å². The highest BCUT2D eigenvalue weighted by atomic mass is 32.1. The van der Waals surface area contributed by atoms with Gasteiger partial charge in [-0.05, 0) is 6.92 Å². The second kappa shape index (κ2) is 3.28. The summed E-state index contributed by atoms with van der Waals surface area (Å²) in [5.41, 5.74) is 10.3. The average Bonchev–Trinajstić information content (AvgIpc) is 2.54. The normalized spacial score (nSPS) is 10.5. The monoisotopic (exact) mass is 225 g/mol. The van der Waals surface area contributed by atoms with E-state index in [0.29, 0.717) is 4.96 Å². The Morgan fingerprint density at radius 3 is 2.87 bits per heavy atom. The first-order chi connectivity index (χ1) is 7.08. The van der Waals surface area contributed by atoms with Crippen LogP contribution in [-0.4, -0.2) is 25.8 Å². The molecule has 9 heteroatoms. The lowest BCUT2D eigenvalue weighted by Crippen LogP contribution is -2.22. The summed E-state index contributed by atoms with van der Waals surface area (Å²) in [7, 11) is 0. The third kappa shape index (κ3) is 1.64. The van der Waals surface area contributed by atoms with Crippen LogP contribution in [0.15, 0.2) is 9.79 Å². The van der Waals surface area contributed by atoms with Crippen LogP contribution in [0, 0.1) is 6.92 Å². The third-order valence-electron chi connectivity index (χ3n) is 1.56. The number of nitrogens with two attached hydrogens (primary N) is 2. The van der Waals surface area contributed by atoms with Crippen LogP contribution in [0.5, 0.6) is 0 Å². The first kappa shape index (κ1) is 9.52. The summed E-state index contributed by atoms with van der Waals surface area (Å²) >= 11 is 1.08. The molecule has 0 spiro atoms. The number of rotatable bonds is 1. The van der Waals surface area contributed by atoms with Gasteiger partial charge >= 0.3 is 0 Å². The fourth-order valence-electron chi connectivity index (χ4n) is 0.938. The number of hydrogen-bond donors (Lipinski definition) is 2. The van der Waals surface area contributed by atoms with E-state index in [0.717, 1.165) is 15.9 Å². The molecule has 0 fully saturated rings. The Morgan fingerprint density at radius 2 is 2.20 bits per heavy atom. The molecule has 0 aromatic carbocycles. The summed E-state index contributed by atoms with van der Waals surface area (Å²) in [6.45, 7) is 1.56. The van der Waals surface area contributed by atoms with E-state index in [-0.39, 0.29) is 22.3 Å². The van der Waals surface area contributed by atoms with Crippen LogP contribution < -0.4 is 17.0 Å². The van der Waals surface area contributed by atoms with Crippen LogP contribution in [-0.2, 0) is 0 Å². The van der Waals surface area contributed by atoms with E-state index in [9.17, 15) is 4.79 Å². The molecule has 0 saturated heterocycles. The first-order valence-corrected chi connectivity index (χ1v) is 4.72. The summed E-state index contributed by atoms with van der Waals surface area (Å²) < 4.78 is 1.12. The second-order valence-corrected chi connectivity index (χ2v) is 3.64. The lowest BCUT2D eigenvalue weighted by molar-refractivity contribution is 0.827. The molecule has 0 saturated carbocycles. The van der Waals surface area contributed by atoms with E-state index in [4.69, 9.17) is 11.5 Å². The lowest BCUT2D eigenvalue weighted by atomic mass is 10.5. The summed E-state index contributed by atoms with van der Waals surface area (Å²) in [4.78, 5) is 15.6. The molecule has 15 heavy (non-hydrogen) atoms. The topological polar surface area (TPSA) is 125 Å². The van der Waals surface area contributed by atoms with Gasteiger partial charge in [0.1, 0.15) is 5.69 Å². The molecule has 0 amide bonds. The molecule has 4 N–H and O–H groups in total. The summed E-state index contributed by atoms with van der Waals surface area (Å²) in [6, 6.07) is 0. The summed E-state index contributed by atoms with van der Waals surface area (Å²) in [6.07, 6.45) is 0. The maximum Gasteiger partial charge on any atom is 0.296 e. The minimum absolute atomic E-state index is 0.119. The van der Waals surface area contributed by atoms with Gasteiger partial charge in [-0.15, -0.1) is 15.3 Å². The van der Waals surface area contributed by atoms with E-state index in [1.54, 1.807) is 6.92 Å². The predicted octanol–water partition coefficient (Wildman–Crippen LogP) is -1.24. The maximum absolute atomic E-state index is 11.5. The van der Waals surface area contributed by atoms with Crippen LogP contribution in [0.2, 0.25) is 0 Å². The van der Waals surface area contributed by atoms with Gasteiger partial charge in [-0.3, -0.25) is 4.79 Å². The fourth-order valence-corrected chi connectivity index (χ4v) is 1.67. The fraction of sp³-hybridized carbons (Fsp3) is 0.167. The Labute approximate surface area is 87.3 Å². The zero-order chi connectivity index (χ0) is 11.0. The van der Waals surface area contributed by atoms with Crippen molar-refractivity contribution in [1.29, 1.82) is 0 Å². The van der Waals surface area contributed by atoms with Crippen LogP contribution in [0.1, 0.15) is 5.69 Å². The molecular weight excluding hydrogens is 218 g/mol. The Morgan fingerprint density at radius 1 is 1.47 bits per heavy atom. The SMILES string of the molecule is Cc1nnc2sc(N=C(N)N)nn2c1=O. The largest absolute Gasteiger partial charge is 0.370 e. The van der Waals surface area contributed by atoms with Crippen molar-refractivity contribution >= 4 is 27.4 Å². The first-order valence-electron chi connectivity index (χ1n) is 3.90. The van der Waals surface area contributed by atoms with Crippen molar-refractivity contribution in [2.24, 2.45) is 16.5 Å². The number of guanidine groups is 1. The van der Waals surface area contributed by atoms with Gasteiger partial charge in [-0.1, -0.05) is 11.3 Å². The predicted molar refractivity (Wildman–Crippen MR) is 55.1 cm³/mol. The van der Waals surface area contributed by atoms with Gasteiger partial charge in [0.15, 0.2) is 5.96 Å². The van der Waals surface area contributed by atoms with E-state index < -0.39 is 0 Å². The lowest BCUT2D eigenvalue weighted by Gasteiger charge is -1.88. The molecular formula is C6H7N7OS. The highest BCUT2D eigenvalue weighted by Crippen LogP contribution is 2.18. The molecule has 2 rings (SSSR count).